The highest BCUT2D eigenvalue weighted by atomic mass is 16.5. The van der Waals surface area contributed by atoms with Crippen molar-refractivity contribution in [3.05, 3.63) is 23.8 Å². The second-order valence-electron chi connectivity index (χ2n) is 5.46. The van der Waals surface area contributed by atoms with Gasteiger partial charge in [-0.25, -0.2) is 0 Å². The molecule has 2 N–H and O–H groups in total. The molecule has 0 radical (unpaired) electrons. The molecule has 0 aromatic heterocycles. The minimum atomic E-state index is -0.225. The maximum Gasteiger partial charge on any atom is 0.308 e. The largest absolute Gasteiger partial charge is 0.489 e. The van der Waals surface area contributed by atoms with Gasteiger partial charge in [-0.3, -0.25) is 4.79 Å². The van der Waals surface area contributed by atoms with Crippen molar-refractivity contribution in [3.63, 3.8) is 0 Å². The summed E-state index contributed by atoms with van der Waals surface area (Å²) in [7, 11) is 0. The van der Waals surface area contributed by atoms with E-state index in [1.807, 2.05) is 45.9 Å². The molecule has 5 nitrogen and oxygen atoms in total. The fraction of sp³-hybridized carbons (Fsp3) is 0.611. The molecule has 0 saturated heterocycles. The van der Waals surface area contributed by atoms with Crippen molar-refractivity contribution in [3.8, 4) is 5.75 Å². The van der Waals surface area contributed by atoms with Gasteiger partial charge in [-0.05, 0) is 31.5 Å². The maximum atomic E-state index is 11.5. The summed E-state index contributed by atoms with van der Waals surface area (Å²) >= 11 is 0. The summed E-state index contributed by atoms with van der Waals surface area (Å²) in [6.07, 6.45) is 0. The standard InChI is InChI=1S/C16H25NO4.C2H6/c1-11(2)16(19)21-10-13-5-6-14(17-12(3)4)15(9-13)20-8-7-18;1-2/h5-6,9,11-12,17-18H,7-8,10H2,1-4H3;1-2H3. The number of ether oxygens (including phenoxy) is 2. The third kappa shape index (κ3) is 8.45. The summed E-state index contributed by atoms with van der Waals surface area (Å²) in [6, 6.07) is 5.88. The van der Waals surface area contributed by atoms with Crippen LogP contribution in [0, 0.1) is 5.92 Å². The van der Waals surface area contributed by atoms with Crippen molar-refractivity contribution in [2.45, 2.75) is 54.2 Å². The molecule has 5 heteroatoms. The first kappa shape index (κ1) is 21.2. The van der Waals surface area contributed by atoms with Gasteiger partial charge >= 0.3 is 5.97 Å². The van der Waals surface area contributed by atoms with Crippen LogP contribution in [0.15, 0.2) is 18.2 Å². The zero-order valence-electron chi connectivity index (χ0n) is 15.2. The third-order valence-corrected chi connectivity index (χ3v) is 2.69. The lowest BCUT2D eigenvalue weighted by Crippen LogP contribution is -2.13. The van der Waals surface area contributed by atoms with E-state index in [1.54, 1.807) is 13.8 Å². The van der Waals surface area contributed by atoms with Crippen molar-refractivity contribution < 1.29 is 19.4 Å². The third-order valence-electron chi connectivity index (χ3n) is 2.69. The molecule has 0 saturated carbocycles. The number of aliphatic hydroxyl groups excluding tert-OH is 1. The van der Waals surface area contributed by atoms with E-state index in [1.165, 1.54) is 0 Å². The first-order valence-corrected chi connectivity index (χ1v) is 8.23. The lowest BCUT2D eigenvalue weighted by atomic mass is 10.2. The van der Waals surface area contributed by atoms with Gasteiger partial charge in [0.25, 0.3) is 0 Å². The number of benzene rings is 1. The maximum absolute atomic E-state index is 11.5. The Labute approximate surface area is 140 Å². The van der Waals surface area contributed by atoms with Gasteiger partial charge in [-0.1, -0.05) is 33.8 Å². The van der Waals surface area contributed by atoms with Gasteiger partial charge < -0.3 is 19.9 Å². The fourth-order valence-corrected chi connectivity index (χ4v) is 1.68. The molecular formula is C18H31NO4. The second-order valence-corrected chi connectivity index (χ2v) is 5.46. The van der Waals surface area contributed by atoms with E-state index in [-0.39, 0.29) is 37.7 Å². The molecular weight excluding hydrogens is 294 g/mol. The van der Waals surface area contributed by atoms with Crippen molar-refractivity contribution in [1.82, 2.24) is 0 Å². The first-order chi connectivity index (χ1) is 10.9. The minimum absolute atomic E-state index is 0.0479. The number of carbonyl (C=O) groups is 1. The van der Waals surface area contributed by atoms with Crippen LogP contribution in [-0.2, 0) is 16.1 Å². The van der Waals surface area contributed by atoms with Gasteiger partial charge in [0.2, 0.25) is 0 Å². The molecule has 0 aliphatic carbocycles. The summed E-state index contributed by atoms with van der Waals surface area (Å²) < 4.78 is 10.7. The van der Waals surface area contributed by atoms with Crippen LogP contribution >= 0.6 is 0 Å². The van der Waals surface area contributed by atoms with Gasteiger partial charge in [-0.15, -0.1) is 0 Å². The lowest BCUT2D eigenvalue weighted by molar-refractivity contribution is -0.148. The Bertz CT molecular complexity index is 458. The van der Waals surface area contributed by atoms with Crippen LogP contribution in [0.5, 0.6) is 5.75 Å². The quantitative estimate of drug-likeness (QED) is 0.715. The highest BCUT2D eigenvalue weighted by Gasteiger charge is 2.11. The molecule has 1 rings (SSSR count). The molecule has 0 heterocycles. The van der Waals surface area contributed by atoms with Crippen molar-refractivity contribution >= 4 is 11.7 Å². The summed E-state index contributed by atoms with van der Waals surface area (Å²) in [4.78, 5) is 11.5. The molecule has 0 unspecified atom stereocenters. The number of nitrogens with one attached hydrogen (secondary N) is 1. The predicted octanol–water partition coefficient (Wildman–Crippen LogP) is 3.60. The second kappa shape index (κ2) is 11.8. The Kier molecular flexibility index (Phi) is 10.9. The van der Waals surface area contributed by atoms with Gasteiger partial charge in [-0.2, -0.15) is 0 Å². The number of aliphatic hydroxyl groups is 1. The van der Waals surface area contributed by atoms with Gasteiger partial charge in [0.1, 0.15) is 19.0 Å². The molecule has 1 aromatic rings. The Hall–Kier alpha value is -1.75. The Balaban J connectivity index is 0.00000232. The Morgan fingerprint density at radius 1 is 1.22 bits per heavy atom. The molecule has 0 aliphatic heterocycles. The average Bonchev–Trinajstić information content (AvgIpc) is 2.53. The molecule has 0 bridgehead atoms. The highest BCUT2D eigenvalue weighted by Crippen LogP contribution is 2.27. The molecule has 0 amide bonds. The topological polar surface area (TPSA) is 67.8 Å². The van der Waals surface area contributed by atoms with Crippen molar-refractivity contribution in [1.29, 1.82) is 0 Å². The van der Waals surface area contributed by atoms with Crippen LogP contribution in [0.25, 0.3) is 0 Å². The van der Waals surface area contributed by atoms with E-state index in [2.05, 4.69) is 5.32 Å². The number of hydrogen-bond donors (Lipinski definition) is 2. The zero-order chi connectivity index (χ0) is 17.8. The number of esters is 1. The van der Waals surface area contributed by atoms with Crippen LogP contribution in [-0.4, -0.2) is 30.3 Å². The summed E-state index contributed by atoms with van der Waals surface area (Å²) in [6.45, 7) is 12.1. The van der Waals surface area contributed by atoms with E-state index in [0.717, 1.165) is 11.3 Å². The summed E-state index contributed by atoms with van der Waals surface area (Å²) in [5.41, 5.74) is 1.71. The molecule has 0 aliphatic rings. The minimum Gasteiger partial charge on any atom is -0.489 e. The first-order valence-electron chi connectivity index (χ1n) is 8.23. The SMILES string of the molecule is CC.CC(C)Nc1ccc(COC(=O)C(C)C)cc1OCCO. The van der Waals surface area contributed by atoms with E-state index in [0.29, 0.717) is 5.75 Å². The molecule has 0 fully saturated rings. The van der Waals surface area contributed by atoms with Crippen molar-refractivity contribution in [2.24, 2.45) is 5.92 Å². The molecule has 132 valence electrons. The van der Waals surface area contributed by atoms with E-state index < -0.39 is 0 Å². The molecule has 0 atom stereocenters. The Morgan fingerprint density at radius 2 is 1.87 bits per heavy atom. The molecule has 23 heavy (non-hydrogen) atoms. The van der Waals surface area contributed by atoms with Gasteiger partial charge in [0.15, 0.2) is 0 Å². The average molecular weight is 325 g/mol. The van der Waals surface area contributed by atoms with Crippen LogP contribution in [0.3, 0.4) is 0 Å². The smallest absolute Gasteiger partial charge is 0.308 e. The normalized spacial score (nSPS) is 10.1. The Morgan fingerprint density at radius 3 is 2.39 bits per heavy atom. The van der Waals surface area contributed by atoms with Crippen LogP contribution in [0.4, 0.5) is 5.69 Å². The monoisotopic (exact) mass is 325 g/mol. The number of anilines is 1. The summed E-state index contributed by atoms with van der Waals surface area (Å²) in [5.74, 6) is 0.282. The van der Waals surface area contributed by atoms with Crippen LogP contribution < -0.4 is 10.1 Å². The fourth-order valence-electron chi connectivity index (χ4n) is 1.68. The summed E-state index contributed by atoms with van der Waals surface area (Å²) in [5, 5.41) is 12.2. The molecule has 1 aromatic carbocycles. The van der Waals surface area contributed by atoms with Crippen LogP contribution in [0.2, 0.25) is 0 Å². The predicted molar refractivity (Wildman–Crippen MR) is 93.8 cm³/mol. The van der Waals surface area contributed by atoms with Gasteiger partial charge in [0.05, 0.1) is 18.2 Å². The highest BCUT2D eigenvalue weighted by molar-refractivity contribution is 5.71. The van der Waals surface area contributed by atoms with E-state index in [4.69, 9.17) is 14.6 Å². The zero-order valence-corrected chi connectivity index (χ0v) is 15.2. The molecule has 0 spiro atoms. The number of hydrogen-bond acceptors (Lipinski definition) is 5. The van der Waals surface area contributed by atoms with E-state index >= 15 is 0 Å². The van der Waals surface area contributed by atoms with Crippen molar-refractivity contribution in [2.75, 3.05) is 18.5 Å². The van der Waals surface area contributed by atoms with E-state index in [9.17, 15) is 4.79 Å². The van der Waals surface area contributed by atoms with Gasteiger partial charge in [0, 0.05) is 6.04 Å². The lowest BCUT2D eigenvalue weighted by Gasteiger charge is -2.16. The van der Waals surface area contributed by atoms with Crippen LogP contribution in [0.1, 0.15) is 47.1 Å². The number of carbonyl (C=O) groups excluding carboxylic acids is 1. The number of rotatable bonds is 8.